The number of likely N-dealkylation sites (tertiary alicyclic amines) is 1. The van der Waals surface area contributed by atoms with Gasteiger partial charge < -0.3 is 10.2 Å². The third-order valence-corrected chi connectivity index (χ3v) is 3.77. The summed E-state index contributed by atoms with van der Waals surface area (Å²) in [5, 5.41) is 3.67. The highest BCUT2D eigenvalue weighted by Gasteiger charge is 2.35. The zero-order valence-electron chi connectivity index (χ0n) is 9.46. The van der Waals surface area contributed by atoms with E-state index in [2.05, 4.69) is 42.4 Å². The molecule has 0 radical (unpaired) electrons. The van der Waals surface area contributed by atoms with Crippen LogP contribution in [-0.2, 0) is 0 Å². The second-order valence-corrected chi connectivity index (χ2v) is 5.00. The van der Waals surface area contributed by atoms with Crippen molar-refractivity contribution in [2.24, 2.45) is 0 Å². The van der Waals surface area contributed by atoms with E-state index in [9.17, 15) is 0 Å². The number of benzene rings is 1. The van der Waals surface area contributed by atoms with E-state index in [1.54, 1.807) is 0 Å². The summed E-state index contributed by atoms with van der Waals surface area (Å²) < 4.78 is 0. The fourth-order valence-corrected chi connectivity index (χ4v) is 2.92. The summed E-state index contributed by atoms with van der Waals surface area (Å²) in [7, 11) is 2.22. The molecule has 0 amide bonds. The molecule has 1 aromatic carbocycles. The Bertz CT molecular complexity index is 386. The van der Waals surface area contributed by atoms with E-state index in [-0.39, 0.29) is 0 Å². The highest BCUT2D eigenvalue weighted by atomic mass is 15.1. The molecule has 2 aliphatic rings. The van der Waals surface area contributed by atoms with Crippen molar-refractivity contribution < 1.29 is 0 Å². The summed E-state index contributed by atoms with van der Waals surface area (Å²) in [6, 6.07) is 7.50. The Hall–Kier alpha value is -1.02. The van der Waals surface area contributed by atoms with E-state index < -0.39 is 0 Å². The molecule has 2 aliphatic heterocycles. The molecule has 1 aromatic rings. The van der Waals surface area contributed by atoms with Crippen molar-refractivity contribution in [2.45, 2.75) is 25.3 Å². The van der Waals surface area contributed by atoms with Gasteiger partial charge in [-0.1, -0.05) is 12.1 Å². The number of nitrogens with zero attached hydrogens (tertiary/aromatic N) is 1. The molecule has 2 heteroatoms. The topological polar surface area (TPSA) is 15.3 Å². The second kappa shape index (κ2) is 3.24. The summed E-state index contributed by atoms with van der Waals surface area (Å²) in [6.07, 6.45) is 1.27. The molecule has 15 heavy (non-hydrogen) atoms. The van der Waals surface area contributed by atoms with Gasteiger partial charge in [0.2, 0.25) is 0 Å². The molecule has 0 saturated carbocycles. The molecule has 2 atom stereocenters. The van der Waals surface area contributed by atoms with Crippen LogP contribution in [0.4, 0.5) is 5.69 Å². The average molecular weight is 202 g/mol. The van der Waals surface area contributed by atoms with E-state index in [0.717, 1.165) is 0 Å². The van der Waals surface area contributed by atoms with Crippen LogP contribution in [0, 0.1) is 6.92 Å². The third-order valence-electron chi connectivity index (χ3n) is 3.77. The lowest BCUT2D eigenvalue weighted by molar-refractivity contribution is 0.243. The summed E-state index contributed by atoms with van der Waals surface area (Å²) >= 11 is 0. The van der Waals surface area contributed by atoms with Crippen molar-refractivity contribution in [3.8, 4) is 0 Å². The van der Waals surface area contributed by atoms with Crippen LogP contribution in [0.1, 0.15) is 23.5 Å². The van der Waals surface area contributed by atoms with E-state index >= 15 is 0 Å². The highest BCUT2D eigenvalue weighted by molar-refractivity contribution is 5.61. The van der Waals surface area contributed by atoms with Gasteiger partial charge in [0.25, 0.3) is 0 Å². The van der Waals surface area contributed by atoms with Crippen molar-refractivity contribution >= 4 is 5.69 Å². The SMILES string of the molecule is Cc1ccc2c(c1)NC1CCN(C)CC21. The van der Waals surface area contributed by atoms with Gasteiger partial charge >= 0.3 is 0 Å². The molecule has 0 aromatic heterocycles. The van der Waals surface area contributed by atoms with Crippen molar-refractivity contribution in [2.75, 3.05) is 25.5 Å². The molecule has 3 rings (SSSR count). The van der Waals surface area contributed by atoms with Gasteiger partial charge in [-0.2, -0.15) is 0 Å². The maximum atomic E-state index is 3.67. The molecular weight excluding hydrogens is 184 g/mol. The van der Waals surface area contributed by atoms with Gasteiger partial charge in [0.15, 0.2) is 0 Å². The minimum Gasteiger partial charge on any atom is -0.381 e. The zero-order chi connectivity index (χ0) is 10.4. The van der Waals surface area contributed by atoms with Gasteiger partial charge in [-0.3, -0.25) is 0 Å². The molecule has 1 N–H and O–H groups in total. The number of piperidine rings is 1. The molecule has 2 nitrogen and oxygen atoms in total. The maximum Gasteiger partial charge on any atom is 0.0381 e. The Kier molecular flexibility index (Phi) is 1.99. The first kappa shape index (κ1) is 9.22. The monoisotopic (exact) mass is 202 g/mol. The normalized spacial score (nSPS) is 29.5. The first-order valence-corrected chi connectivity index (χ1v) is 5.79. The number of aryl methyl sites for hydroxylation is 1. The fourth-order valence-electron chi connectivity index (χ4n) is 2.92. The Morgan fingerprint density at radius 1 is 1.40 bits per heavy atom. The van der Waals surface area contributed by atoms with Crippen LogP contribution >= 0.6 is 0 Å². The largest absolute Gasteiger partial charge is 0.381 e. The summed E-state index contributed by atoms with van der Waals surface area (Å²) in [4.78, 5) is 2.44. The molecule has 1 saturated heterocycles. The van der Waals surface area contributed by atoms with Gasteiger partial charge in [0, 0.05) is 24.2 Å². The summed E-state index contributed by atoms with van der Waals surface area (Å²) in [5.74, 6) is 0.708. The van der Waals surface area contributed by atoms with Crippen molar-refractivity contribution in [3.63, 3.8) is 0 Å². The van der Waals surface area contributed by atoms with E-state index in [4.69, 9.17) is 0 Å². The second-order valence-electron chi connectivity index (χ2n) is 5.00. The lowest BCUT2D eigenvalue weighted by Gasteiger charge is -2.32. The minimum atomic E-state index is 0.679. The number of rotatable bonds is 0. The third kappa shape index (κ3) is 1.44. The predicted molar refractivity (Wildman–Crippen MR) is 63.4 cm³/mol. The van der Waals surface area contributed by atoms with Crippen LogP contribution in [0.2, 0.25) is 0 Å². The number of hydrogen-bond acceptors (Lipinski definition) is 2. The van der Waals surface area contributed by atoms with Gasteiger partial charge in [-0.05, 0) is 44.1 Å². The Balaban J connectivity index is 1.97. The lowest BCUT2D eigenvalue weighted by atomic mass is 9.89. The number of hydrogen-bond donors (Lipinski definition) is 1. The van der Waals surface area contributed by atoms with E-state index in [1.807, 2.05) is 0 Å². The molecule has 0 aliphatic carbocycles. The molecule has 2 heterocycles. The van der Waals surface area contributed by atoms with Gasteiger partial charge in [0.1, 0.15) is 0 Å². The Labute approximate surface area is 91.3 Å². The number of likely N-dealkylation sites (N-methyl/N-ethyl adjacent to an activating group) is 1. The first-order valence-electron chi connectivity index (χ1n) is 5.79. The lowest BCUT2D eigenvalue weighted by Crippen LogP contribution is -2.39. The van der Waals surface area contributed by atoms with Crippen LogP contribution in [0.15, 0.2) is 18.2 Å². The Morgan fingerprint density at radius 3 is 3.13 bits per heavy atom. The van der Waals surface area contributed by atoms with Crippen LogP contribution in [-0.4, -0.2) is 31.1 Å². The van der Waals surface area contributed by atoms with Crippen molar-refractivity contribution in [3.05, 3.63) is 29.3 Å². The summed E-state index contributed by atoms with van der Waals surface area (Å²) in [5.41, 5.74) is 4.26. The van der Waals surface area contributed by atoms with Gasteiger partial charge in [-0.15, -0.1) is 0 Å². The molecular formula is C13H18N2. The van der Waals surface area contributed by atoms with E-state index in [0.29, 0.717) is 12.0 Å². The first-order chi connectivity index (χ1) is 7.24. The molecule has 80 valence electrons. The quantitative estimate of drug-likeness (QED) is 0.694. The minimum absolute atomic E-state index is 0.679. The molecule has 0 bridgehead atoms. The number of fused-ring (bicyclic) bond motifs is 3. The fraction of sp³-hybridized carbons (Fsp3) is 0.538. The zero-order valence-corrected chi connectivity index (χ0v) is 9.46. The summed E-state index contributed by atoms with van der Waals surface area (Å²) in [6.45, 7) is 4.59. The van der Waals surface area contributed by atoms with Crippen LogP contribution in [0.3, 0.4) is 0 Å². The number of nitrogens with one attached hydrogen (secondary N) is 1. The van der Waals surface area contributed by atoms with Crippen LogP contribution in [0.5, 0.6) is 0 Å². The van der Waals surface area contributed by atoms with Crippen LogP contribution < -0.4 is 5.32 Å². The highest BCUT2D eigenvalue weighted by Crippen LogP contribution is 2.39. The predicted octanol–water partition coefficient (Wildman–Crippen LogP) is 2.21. The van der Waals surface area contributed by atoms with E-state index in [1.165, 1.54) is 36.3 Å². The number of anilines is 1. The van der Waals surface area contributed by atoms with Crippen molar-refractivity contribution in [1.29, 1.82) is 0 Å². The smallest absolute Gasteiger partial charge is 0.0381 e. The Morgan fingerprint density at radius 2 is 2.27 bits per heavy atom. The molecule has 2 unspecified atom stereocenters. The van der Waals surface area contributed by atoms with Gasteiger partial charge in [-0.25, -0.2) is 0 Å². The maximum absolute atomic E-state index is 3.67. The molecule has 0 spiro atoms. The molecule has 1 fully saturated rings. The van der Waals surface area contributed by atoms with Gasteiger partial charge in [0.05, 0.1) is 0 Å². The average Bonchev–Trinajstić information content (AvgIpc) is 2.54. The van der Waals surface area contributed by atoms with Crippen LogP contribution in [0.25, 0.3) is 0 Å². The standard InChI is InChI=1S/C13H18N2/c1-9-3-4-10-11-8-15(2)6-5-12(11)14-13(10)7-9/h3-4,7,11-12,14H,5-6,8H2,1-2H3. The van der Waals surface area contributed by atoms with Crippen molar-refractivity contribution in [1.82, 2.24) is 4.90 Å².